The van der Waals surface area contributed by atoms with Gasteiger partial charge in [0.2, 0.25) is 0 Å². The minimum atomic E-state index is -0.301. The molecule has 0 unspecified atom stereocenters. The fraction of sp³-hybridized carbons (Fsp3) is 0.304. The van der Waals surface area contributed by atoms with Crippen LogP contribution in [0.15, 0.2) is 52.4 Å². The summed E-state index contributed by atoms with van der Waals surface area (Å²) in [5, 5.41) is 0.627. The van der Waals surface area contributed by atoms with Crippen LogP contribution in [0.2, 0.25) is 0 Å². The van der Waals surface area contributed by atoms with E-state index in [1.165, 1.54) is 42.4 Å². The summed E-state index contributed by atoms with van der Waals surface area (Å²) in [6, 6.07) is 12.4. The quantitative estimate of drug-likeness (QED) is 0.638. The van der Waals surface area contributed by atoms with Crippen LogP contribution in [0.25, 0.3) is 6.08 Å². The lowest BCUT2D eigenvalue weighted by Gasteiger charge is -2.18. The number of likely N-dealkylation sites (N-methyl/N-ethyl adjacent to an activating group) is 1. The Labute approximate surface area is 175 Å². The highest BCUT2D eigenvalue weighted by atomic mass is 32.2. The van der Waals surface area contributed by atoms with E-state index in [9.17, 15) is 9.18 Å². The summed E-state index contributed by atoms with van der Waals surface area (Å²) in [5.74, 6) is -0.341. The van der Waals surface area contributed by atoms with Crippen LogP contribution in [0.1, 0.15) is 30.9 Å². The Bertz CT molecular complexity index is 978. The predicted octanol–water partition coefficient (Wildman–Crippen LogP) is 5.36. The van der Waals surface area contributed by atoms with Gasteiger partial charge in [-0.2, -0.15) is 0 Å². The monoisotopic (exact) mass is 409 g/mol. The van der Waals surface area contributed by atoms with Gasteiger partial charge in [-0.3, -0.25) is 9.69 Å². The Kier molecular flexibility index (Phi) is 5.72. The molecule has 4 rings (SSSR count). The maximum atomic E-state index is 13.1. The minimum Gasteiger partial charge on any atom is -0.372 e. The number of halogens is 1. The first-order valence-electron chi connectivity index (χ1n) is 9.96. The van der Waals surface area contributed by atoms with E-state index in [2.05, 4.69) is 35.0 Å². The van der Waals surface area contributed by atoms with Gasteiger partial charge in [-0.15, -0.1) is 0 Å². The Hall–Kier alpha value is -2.60. The van der Waals surface area contributed by atoms with Crippen molar-refractivity contribution in [1.29, 1.82) is 0 Å². The average molecular weight is 410 g/mol. The van der Waals surface area contributed by atoms with Crippen molar-refractivity contribution in [2.75, 3.05) is 24.5 Å². The minimum absolute atomic E-state index is 0.0404. The van der Waals surface area contributed by atoms with Gasteiger partial charge in [0.25, 0.3) is 5.91 Å². The molecule has 4 nitrogen and oxygen atoms in total. The number of carbonyl (C=O) groups excluding carboxylic acids is 1. The number of amides is 1. The van der Waals surface area contributed by atoms with Crippen molar-refractivity contribution in [3.05, 3.63) is 64.3 Å². The molecule has 2 aromatic carbocycles. The van der Waals surface area contributed by atoms with Crippen molar-refractivity contribution in [2.24, 2.45) is 4.99 Å². The highest BCUT2D eigenvalue weighted by molar-refractivity contribution is 8.18. The van der Waals surface area contributed by atoms with E-state index in [4.69, 9.17) is 0 Å². The summed E-state index contributed by atoms with van der Waals surface area (Å²) >= 11 is 1.37. The zero-order valence-electron chi connectivity index (χ0n) is 16.7. The first-order chi connectivity index (χ1) is 14.0. The summed E-state index contributed by atoms with van der Waals surface area (Å²) in [5.41, 5.74) is 4.08. The van der Waals surface area contributed by atoms with Gasteiger partial charge in [0.1, 0.15) is 5.82 Å². The van der Waals surface area contributed by atoms with E-state index in [0.29, 0.717) is 22.3 Å². The third kappa shape index (κ3) is 4.22. The Morgan fingerprint density at radius 1 is 1.14 bits per heavy atom. The number of nitrogens with zero attached hydrogens (tertiary/aromatic N) is 3. The Morgan fingerprint density at radius 2 is 1.86 bits per heavy atom. The fourth-order valence-corrected chi connectivity index (χ4v) is 4.68. The van der Waals surface area contributed by atoms with E-state index in [0.717, 1.165) is 24.2 Å². The zero-order valence-corrected chi connectivity index (χ0v) is 17.5. The molecule has 2 fully saturated rings. The zero-order chi connectivity index (χ0) is 20.4. The Balaban J connectivity index is 1.60. The number of aryl methyl sites for hydroxylation is 1. The molecule has 0 N–H and O–H groups in total. The summed E-state index contributed by atoms with van der Waals surface area (Å²) in [7, 11) is 0. The molecule has 6 heteroatoms. The number of hydrogen-bond acceptors (Lipinski definition) is 4. The van der Waals surface area contributed by atoms with Gasteiger partial charge in [-0.05, 0) is 92.1 Å². The fourth-order valence-electron chi connectivity index (χ4n) is 3.63. The Morgan fingerprint density at radius 3 is 2.52 bits per heavy atom. The molecule has 0 aromatic heterocycles. The summed E-state index contributed by atoms with van der Waals surface area (Å²) in [4.78, 5) is 22.1. The van der Waals surface area contributed by atoms with Crippen LogP contribution >= 0.6 is 11.8 Å². The standard InChI is InChI=1S/C23H24FN3OS/c1-3-27-22(28)21(29-23(27)25-19-9-7-18(24)8-10-19)15-17-6-11-20(14-16(17)2)26-12-4-5-13-26/h6-11,14-15H,3-5,12-13H2,1-2H3/b21-15-,25-23?. The predicted molar refractivity (Wildman–Crippen MR) is 119 cm³/mol. The number of amidine groups is 1. The van der Waals surface area contributed by atoms with Crippen molar-refractivity contribution < 1.29 is 9.18 Å². The van der Waals surface area contributed by atoms with E-state index < -0.39 is 0 Å². The molecule has 2 aromatic rings. The molecule has 2 aliphatic heterocycles. The molecular formula is C23H24FN3OS. The third-order valence-electron chi connectivity index (χ3n) is 5.27. The molecule has 0 spiro atoms. The average Bonchev–Trinajstić information content (AvgIpc) is 3.34. The second-order valence-electron chi connectivity index (χ2n) is 7.27. The molecule has 0 atom stereocenters. The van der Waals surface area contributed by atoms with Gasteiger partial charge in [0.05, 0.1) is 10.6 Å². The molecule has 2 aliphatic rings. The molecule has 0 aliphatic carbocycles. The van der Waals surface area contributed by atoms with Gasteiger partial charge in [-0.25, -0.2) is 9.38 Å². The summed E-state index contributed by atoms with van der Waals surface area (Å²) in [6.45, 7) is 6.78. The SMILES string of the molecule is CCN1C(=O)/C(=C/c2ccc(N3CCCC3)cc2C)SC1=Nc1ccc(F)cc1. The topological polar surface area (TPSA) is 35.9 Å². The second-order valence-corrected chi connectivity index (χ2v) is 8.28. The van der Waals surface area contributed by atoms with Gasteiger partial charge in [0, 0.05) is 25.3 Å². The normalized spacial score (nSPS) is 19.8. The van der Waals surface area contributed by atoms with E-state index in [-0.39, 0.29) is 11.7 Å². The summed E-state index contributed by atoms with van der Waals surface area (Å²) in [6.07, 6.45) is 4.45. The first kappa shape index (κ1) is 19.7. The van der Waals surface area contributed by atoms with Crippen molar-refractivity contribution >= 4 is 40.3 Å². The van der Waals surface area contributed by atoms with Crippen molar-refractivity contribution in [2.45, 2.75) is 26.7 Å². The number of carbonyl (C=O) groups is 1. The van der Waals surface area contributed by atoms with Crippen molar-refractivity contribution in [3.63, 3.8) is 0 Å². The van der Waals surface area contributed by atoms with Crippen LogP contribution in [0.4, 0.5) is 15.8 Å². The highest BCUT2D eigenvalue weighted by Crippen LogP contribution is 2.35. The molecule has 0 bridgehead atoms. The number of benzene rings is 2. The smallest absolute Gasteiger partial charge is 0.266 e. The molecule has 29 heavy (non-hydrogen) atoms. The van der Waals surface area contributed by atoms with Crippen LogP contribution in [0.3, 0.4) is 0 Å². The highest BCUT2D eigenvalue weighted by Gasteiger charge is 2.32. The molecular weight excluding hydrogens is 385 g/mol. The van der Waals surface area contributed by atoms with Gasteiger partial charge < -0.3 is 4.90 Å². The van der Waals surface area contributed by atoms with Gasteiger partial charge >= 0.3 is 0 Å². The van der Waals surface area contributed by atoms with Crippen LogP contribution in [0.5, 0.6) is 0 Å². The maximum absolute atomic E-state index is 13.1. The number of rotatable bonds is 4. The number of aliphatic imine (C=N–C) groups is 1. The van der Waals surface area contributed by atoms with E-state index >= 15 is 0 Å². The molecule has 2 saturated heterocycles. The lowest BCUT2D eigenvalue weighted by atomic mass is 10.1. The van der Waals surface area contributed by atoms with Crippen LogP contribution in [-0.4, -0.2) is 35.6 Å². The van der Waals surface area contributed by atoms with Crippen LogP contribution < -0.4 is 4.90 Å². The van der Waals surface area contributed by atoms with E-state index in [1.807, 2.05) is 13.0 Å². The van der Waals surface area contributed by atoms with Crippen LogP contribution in [-0.2, 0) is 4.79 Å². The second kappa shape index (κ2) is 8.41. The largest absolute Gasteiger partial charge is 0.372 e. The molecule has 150 valence electrons. The number of hydrogen-bond donors (Lipinski definition) is 0. The molecule has 1 amide bonds. The molecule has 0 saturated carbocycles. The van der Waals surface area contributed by atoms with Crippen LogP contribution in [0, 0.1) is 12.7 Å². The van der Waals surface area contributed by atoms with Crippen molar-refractivity contribution in [3.8, 4) is 0 Å². The lowest BCUT2D eigenvalue weighted by molar-refractivity contribution is -0.122. The molecule has 2 heterocycles. The van der Waals surface area contributed by atoms with Gasteiger partial charge in [-0.1, -0.05) is 6.07 Å². The summed E-state index contributed by atoms with van der Waals surface area (Å²) < 4.78 is 13.1. The maximum Gasteiger partial charge on any atom is 0.266 e. The van der Waals surface area contributed by atoms with Crippen molar-refractivity contribution in [1.82, 2.24) is 4.90 Å². The lowest BCUT2D eigenvalue weighted by Crippen LogP contribution is -2.28. The van der Waals surface area contributed by atoms with Gasteiger partial charge in [0.15, 0.2) is 5.17 Å². The molecule has 0 radical (unpaired) electrons. The van der Waals surface area contributed by atoms with E-state index in [1.54, 1.807) is 17.0 Å². The number of anilines is 1. The first-order valence-corrected chi connectivity index (χ1v) is 10.8. The third-order valence-corrected chi connectivity index (χ3v) is 6.27. The number of thioether (sulfide) groups is 1.